The molecular weight excluding hydrogens is 374 g/mol. The molecule has 0 unspecified atom stereocenters. The van der Waals surface area contributed by atoms with Gasteiger partial charge in [0.2, 0.25) is 0 Å². The van der Waals surface area contributed by atoms with Crippen LogP contribution in [0.4, 0.5) is 0 Å². The van der Waals surface area contributed by atoms with Crippen molar-refractivity contribution in [1.29, 1.82) is 0 Å². The van der Waals surface area contributed by atoms with E-state index in [1.807, 2.05) is 35.9 Å². The maximum Gasteiger partial charge on any atom is 0.199 e. The van der Waals surface area contributed by atoms with E-state index in [2.05, 4.69) is 48.7 Å². The molecule has 4 rings (SSSR count). The zero-order valence-corrected chi connectivity index (χ0v) is 17.7. The van der Waals surface area contributed by atoms with Crippen LogP contribution in [0, 0.1) is 0 Å². The van der Waals surface area contributed by atoms with Gasteiger partial charge in [0.25, 0.3) is 0 Å². The highest BCUT2D eigenvalue weighted by molar-refractivity contribution is 6.30. The van der Waals surface area contributed by atoms with E-state index in [4.69, 9.17) is 21.3 Å². The van der Waals surface area contributed by atoms with E-state index < -0.39 is 0 Å². The minimum absolute atomic E-state index is 0.193. The summed E-state index contributed by atoms with van der Waals surface area (Å²) >= 11 is 6.09. The molecule has 0 saturated carbocycles. The molecule has 28 heavy (non-hydrogen) atoms. The van der Waals surface area contributed by atoms with E-state index in [9.17, 15) is 0 Å². The van der Waals surface area contributed by atoms with Crippen LogP contribution in [-0.4, -0.2) is 35.5 Å². The molecule has 0 aliphatic carbocycles. The second-order valence-corrected chi connectivity index (χ2v) is 9.26. The number of hydrogen-bond donors (Lipinski definition) is 0. The van der Waals surface area contributed by atoms with E-state index in [1.54, 1.807) is 6.33 Å². The lowest BCUT2D eigenvalue weighted by molar-refractivity contribution is -0.162. The van der Waals surface area contributed by atoms with Crippen molar-refractivity contribution in [2.45, 2.75) is 57.7 Å². The Hall–Kier alpha value is -2.18. The van der Waals surface area contributed by atoms with Gasteiger partial charge in [-0.2, -0.15) is 0 Å². The highest BCUT2D eigenvalue weighted by Crippen LogP contribution is 2.43. The number of imidazole rings is 1. The summed E-state index contributed by atoms with van der Waals surface area (Å²) in [6.45, 7) is 8.61. The first-order valence-electron chi connectivity index (χ1n) is 9.53. The predicted molar refractivity (Wildman–Crippen MR) is 110 cm³/mol. The van der Waals surface area contributed by atoms with Gasteiger partial charge in [-0.1, -0.05) is 11.6 Å². The first-order chi connectivity index (χ1) is 13.1. The van der Waals surface area contributed by atoms with Gasteiger partial charge >= 0.3 is 0 Å². The maximum absolute atomic E-state index is 6.26. The normalized spacial score (nSPS) is 19.1. The molecule has 1 aromatic carbocycles. The zero-order valence-electron chi connectivity index (χ0n) is 17.0. The van der Waals surface area contributed by atoms with E-state index in [0.717, 1.165) is 35.9 Å². The molecule has 148 valence electrons. The average molecular weight is 400 g/mol. The Bertz CT molecular complexity index is 971. The standard InChI is InChI=1S/C21H26ClN5O/c1-20(2)10-14(11-21(3,4)28-20)17-12-27(16-8-6-15(22)7-9-16)18(24-17)19-25-23-13-26(19)5/h6-9,12-14H,10-11H2,1-5H3. The molecule has 7 heteroatoms. The quantitative estimate of drug-likeness (QED) is 0.636. The Morgan fingerprint density at radius 3 is 2.25 bits per heavy atom. The molecule has 6 nitrogen and oxygen atoms in total. The molecule has 3 aromatic rings. The number of hydrogen-bond acceptors (Lipinski definition) is 4. The van der Waals surface area contributed by atoms with Gasteiger partial charge in [-0.15, -0.1) is 10.2 Å². The fourth-order valence-electron chi connectivity index (χ4n) is 4.34. The third-order valence-corrected chi connectivity index (χ3v) is 5.44. The Kier molecular flexibility index (Phi) is 4.59. The summed E-state index contributed by atoms with van der Waals surface area (Å²) in [5.41, 5.74) is 1.66. The SMILES string of the molecule is Cn1cnnc1-c1nc(C2CC(C)(C)OC(C)(C)C2)cn1-c1ccc(Cl)cc1. The second-order valence-electron chi connectivity index (χ2n) is 8.83. The molecule has 0 bridgehead atoms. The van der Waals surface area contributed by atoms with Gasteiger partial charge in [-0.3, -0.25) is 4.57 Å². The van der Waals surface area contributed by atoms with Crippen LogP contribution in [0.15, 0.2) is 36.8 Å². The molecular formula is C21H26ClN5O. The number of halogens is 1. The Labute approximate surface area is 170 Å². The number of aryl methyl sites for hydroxylation is 1. The van der Waals surface area contributed by atoms with Crippen LogP contribution >= 0.6 is 11.6 Å². The minimum Gasteiger partial charge on any atom is -0.370 e. The van der Waals surface area contributed by atoms with Gasteiger partial charge in [0, 0.05) is 29.9 Å². The number of aromatic nitrogens is 5. The van der Waals surface area contributed by atoms with Crippen molar-refractivity contribution in [2.24, 2.45) is 7.05 Å². The lowest BCUT2D eigenvalue weighted by atomic mass is 9.79. The maximum atomic E-state index is 6.26. The number of nitrogens with zero attached hydrogens (tertiary/aromatic N) is 5. The zero-order chi connectivity index (χ0) is 20.1. The Morgan fingerprint density at radius 1 is 1.04 bits per heavy atom. The van der Waals surface area contributed by atoms with Gasteiger partial charge < -0.3 is 9.30 Å². The summed E-state index contributed by atoms with van der Waals surface area (Å²) in [4.78, 5) is 5.02. The molecule has 1 fully saturated rings. The number of ether oxygens (including phenoxy) is 1. The van der Waals surface area contributed by atoms with Crippen molar-refractivity contribution in [3.8, 4) is 17.3 Å². The summed E-state index contributed by atoms with van der Waals surface area (Å²) in [5.74, 6) is 1.81. The first kappa shape index (κ1) is 19.2. The minimum atomic E-state index is -0.193. The van der Waals surface area contributed by atoms with E-state index in [0.29, 0.717) is 10.9 Å². The summed E-state index contributed by atoms with van der Waals surface area (Å²) < 4.78 is 10.2. The molecule has 0 spiro atoms. The van der Waals surface area contributed by atoms with Crippen LogP contribution in [0.25, 0.3) is 17.3 Å². The molecule has 1 aliphatic rings. The average Bonchev–Trinajstić information content (AvgIpc) is 3.19. The van der Waals surface area contributed by atoms with E-state index in [-0.39, 0.29) is 11.2 Å². The molecule has 2 aromatic heterocycles. The topological polar surface area (TPSA) is 57.8 Å². The largest absolute Gasteiger partial charge is 0.370 e. The van der Waals surface area contributed by atoms with Crippen LogP contribution in [0.1, 0.15) is 52.1 Å². The predicted octanol–water partition coefficient (Wildman–Crippen LogP) is 4.77. The molecule has 0 radical (unpaired) electrons. The fourth-order valence-corrected chi connectivity index (χ4v) is 4.46. The first-order valence-corrected chi connectivity index (χ1v) is 9.91. The fraction of sp³-hybridized carbons (Fsp3) is 0.476. The van der Waals surface area contributed by atoms with Crippen molar-refractivity contribution < 1.29 is 4.74 Å². The van der Waals surface area contributed by atoms with Gasteiger partial charge in [-0.05, 0) is 64.8 Å². The van der Waals surface area contributed by atoms with Gasteiger partial charge in [0.15, 0.2) is 11.6 Å². The summed E-state index contributed by atoms with van der Waals surface area (Å²) in [5, 5.41) is 9.02. The van der Waals surface area contributed by atoms with Gasteiger partial charge in [0.05, 0.1) is 16.9 Å². The second kappa shape index (κ2) is 6.71. The van der Waals surface area contributed by atoms with Crippen molar-refractivity contribution in [3.63, 3.8) is 0 Å². The third-order valence-electron chi connectivity index (χ3n) is 5.19. The summed E-state index contributed by atoms with van der Waals surface area (Å²) in [6.07, 6.45) is 5.66. The van der Waals surface area contributed by atoms with Gasteiger partial charge in [0.1, 0.15) is 6.33 Å². The van der Waals surface area contributed by atoms with Crippen LogP contribution in [0.3, 0.4) is 0 Å². The summed E-state index contributed by atoms with van der Waals surface area (Å²) in [7, 11) is 1.93. The van der Waals surface area contributed by atoms with Crippen molar-refractivity contribution in [3.05, 3.63) is 47.5 Å². The highest BCUT2D eigenvalue weighted by Gasteiger charge is 2.41. The van der Waals surface area contributed by atoms with Crippen LogP contribution in [0.5, 0.6) is 0 Å². The molecule has 0 amide bonds. The molecule has 3 heterocycles. The lowest BCUT2D eigenvalue weighted by Gasteiger charge is -2.45. The highest BCUT2D eigenvalue weighted by atomic mass is 35.5. The molecule has 1 aliphatic heterocycles. The lowest BCUT2D eigenvalue weighted by Crippen LogP contribution is -2.44. The Balaban J connectivity index is 1.82. The number of rotatable bonds is 3. The molecule has 0 N–H and O–H groups in total. The summed E-state index contributed by atoms with van der Waals surface area (Å²) in [6, 6.07) is 7.76. The third kappa shape index (κ3) is 3.71. The van der Waals surface area contributed by atoms with Crippen molar-refractivity contribution in [1.82, 2.24) is 24.3 Å². The van der Waals surface area contributed by atoms with Crippen molar-refractivity contribution >= 4 is 11.6 Å². The van der Waals surface area contributed by atoms with Crippen molar-refractivity contribution in [2.75, 3.05) is 0 Å². The monoisotopic (exact) mass is 399 g/mol. The smallest absolute Gasteiger partial charge is 0.199 e. The van der Waals surface area contributed by atoms with Crippen LogP contribution in [-0.2, 0) is 11.8 Å². The van der Waals surface area contributed by atoms with Crippen LogP contribution < -0.4 is 0 Å². The molecule has 1 saturated heterocycles. The van der Waals surface area contributed by atoms with E-state index >= 15 is 0 Å². The van der Waals surface area contributed by atoms with Gasteiger partial charge in [-0.25, -0.2) is 4.98 Å². The Morgan fingerprint density at radius 2 is 1.68 bits per heavy atom. The van der Waals surface area contributed by atoms with Crippen LogP contribution in [0.2, 0.25) is 5.02 Å². The molecule has 0 atom stereocenters. The van der Waals surface area contributed by atoms with E-state index in [1.165, 1.54) is 0 Å². The number of benzene rings is 1.